The smallest absolute Gasteiger partial charge is 0.202 e. The molecule has 0 aliphatic carbocycles. The zero-order chi connectivity index (χ0) is 13.2. The molecule has 0 aliphatic heterocycles. The first-order chi connectivity index (χ1) is 9.25. The minimum Gasteiger partial charge on any atom is -0.469 e. The maximum absolute atomic E-state index is 5.99. The molecule has 1 unspecified atom stereocenters. The number of imidazole rings is 1. The van der Waals surface area contributed by atoms with Crippen LogP contribution in [0, 0.1) is 0 Å². The van der Waals surface area contributed by atoms with Crippen molar-refractivity contribution in [3.63, 3.8) is 0 Å². The molecule has 0 radical (unpaired) electrons. The minimum atomic E-state index is 0.227. The van der Waals surface area contributed by atoms with E-state index in [9.17, 15) is 0 Å². The summed E-state index contributed by atoms with van der Waals surface area (Å²) in [6, 6.07) is 7.91. The zero-order valence-corrected chi connectivity index (χ0v) is 10.8. The second-order valence-corrected chi connectivity index (χ2v) is 4.65. The molecule has 3 aromatic heterocycles. The van der Waals surface area contributed by atoms with Gasteiger partial charge in [-0.05, 0) is 37.6 Å². The van der Waals surface area contributed by atoms with Crippen LogP contribution in [0.1, 0.15) is 25.1 Å². The summed E-state index contributed by atoms with van der Waals surface area (Å²) < 4.78 is 7.33. The van der Waals surface area contributed by atoms with Gasteiger partial charge in [-0.25, -0.2) is 9.97 Å². The van der Waals surface area contributed by atoms with Crippen LogP contribution in [0.3, 0.4) is 0 Å². The second-order valence-electron chi connectivity index (χ2n) is 4.65. The summed E-state index contributed by atoms with van der Waals surface area (Å²) in [5, 5.41) is 0. The van der Waals surface area contributed by atoms with Crippen molar-refractivity contribution in [3.8, 4) is 0 Å². The van der Waals surface area contributed by atoms with Crippen molar-refractivity contribution in [2.45, 2.75) is 25.8 Å². The maximum Gasteiger partial charge on any atom is 0.202 e. The molecule has 98 valence electrons. The van der Waals surface area contributed by atoms with Gasteiger partial charge < -0.3 is 10.2 Å². The van der Waals surface area contributed by atoms with Crippen LogP contribution < -0.4 is 5.73 Å². The average Bonchev–Trinajstić information content (AvgIpc) is 3.02. The lowest BCUT2D eigenvalue weighted by Gasteiger charge is -2.14. The van der Waals surface area contributed by atoms with Crippen molar-refractivity contribution >= 4 is 17.1 Å². The van der Waals surface area contributed by atoms with E-state index in [4.69, 9.17) is 10.2 Å². The van der Waals surface area contributed by atoms with Crippen LogP contribution in [0.2, 0.25) is 0 Å². The molecule has 19 heavy (non-hydrogen) atoms. The average molecular weight is 256 g/mol. The van der Waals surface area contributed by atoms with Gasteiger partial charge in [0.25, 0.3) is 0 Å². The second kappa shape index (κ2) is 4.76. The Hall–Kier alpha value is -2.30. The Morgan fingerprint density at radius 3 is 3.05 bits per heavy atom. The van der Waals surface area contributed by atoms with Crippen molar-refractivity contribution in [2.24, 2.45) is 0 Å². The van der Waals surface area contributed by atoms with Gasteiger partial charge in [-0.1, -0.05) is 0 Å². The van der Waals surface area contributed by atoms with E-state index in [1.807, 2.05) is 28.8 Å². The van der Waals surface area contributed by atoms with Gasteiger partial charge in [-0.3, -0.25) is 4.57 Å². The molecule has 1 atom stereocenters. The molecule has 3 aromatic rings. The van der Waals surface area contributed by atoms with Crippen LogP contribution in [-0.2, 0) is 6.42 Å². The van der Waals surface area contributed by atoms with E-state index in [0.29, 0.717) is 5.95 Å². The molecule has 0 bridgehead atoms. The van der Waals surface area contributed by atoms with Crippen LogP contribution in [0.5, 0.6) is 0 Å². The molecule has 0 fully saturated rings. The summed E-state index contributed by atoms with van der Waals surface area (Å²) in [5.74, 6) is 1.50. The third-order valence-electron chi connectivity index (χ3n) is 3.31. The summed E-state index contributed by atoms with van der Waals surface area (Å²) in [6.45, 7) is 2.12. The highest BCUT2D eigenvalue weighted by Crippen LogP contribution is 2.24. The van der Waals surface area contributed by atoms with Gasteiger partial charge in [0, 0.05) is 18.7 Å². The summed E-state index contributed by atoms with van der Waals surface area (Å²) in [5.41, 5.74) is 7.67. The number of aryl methyl sites for hydroxylation is 1. The standard InChI is InChI=1S/C14H16N4O/c1-10(6-7-11-4-3-9-19-11)18-13-12(17-14(18)15)5-2-8-16-13/h2-5,8-10H,6-7H2,1H3,(H2,15,17). The predicted molar refractivity (Wildman–Crippen MR) is 73.7 cm³/mol. The fourth-order valence-corrected chi connectivity index (χ4v) is 2.32. The Labute approximate surface area is 111 Å². The van der Waals surface area contributed by atoms with Crippen molar-refractivity contribution in [1.82, 2.24) is 14.5 Å². The molecule has 0 saturated carbocycles. The molecule has 3 rings (SSSR count). The largest absolute Gasteiger partial charge is 0.469 e. The molecule has 0 amide bonds. The van der Waals surface area contributed by atoms with Gasteiger partial charge in [0.15, 0.2) is 5.65 Å². The van der Waals surface area contributed by atoms with Crippen molar-refractivity contribution in [3.05, 3.63) is 42.5 Å². The van der Waals surface area contributed by atoms with Crippen molar-refractivity contribution < 1.29 is 4.42 Å². The van der Waals surface area contributed by atoms with E-state index in [2.05, 4.69) is 16.9 Å². The van der Waals surface area contributed by atoms with Crippen LogP contribution in [-0.4, -0.2) is 14.5 Å². The van der Waals surface area contributed by atoms with E-state index in [1.165, 1.54) is 0 Å². The molecule has 0 aliphatic rings. The minimum absolute atomic E-state index is 0.227. The number of pyridine rings is 1. The first-order valence-electron chi connectivity index (χ1n) is 6.36. The van der Waals surface area contributed by atoms with E-state index in [-0.39, 0.29) is 6.04 Å². The molecule has 3 heterocycles. The normalized spacial score (nSPS) is 12.9. The maximum atomic E-state index is 5.99. The summed E-state index contributed by atoms with van der Waals surface area (Å²) in [7, 11) is 0. The van der Waals surface area contributed by atoms with E-state index in [1.54, 1.807) is 12.5 Å². The molecular formula is C14H16N4O. The van der Waals surface area contributed by atoms with Gasteiger partial charge in [-0.15, -0.1) is 0 Å². The fraction of sp³-hybridized carbons (Fsp3) is 0.286. The quantitative estimate of drug-likeness (QED) is 0.779. The number of hydrogen-bond donors (Lipinski definition) is 1. The lowest BCUT2D eigenvalue weighted by molar-refractivity contribution is 0.459. The highest BCUT2D eigenvalue weighted by molar-refractivity contribution is 5.73. The summed E-state index contributed by atoms with van der Waals surface area (Å²) in [4.78, 5) is 8.70. The number of nitrogen functional groups attached to an aromatic ring is 1. The summed E-state index contributed by atoms with van der Waals surface area (Å²) in [6.07, 6.45) is 5.27. The highest BCUT2D eigenvalue weighted by atomic mass is 16.3. The Morgan fingerprint density at radius 1 is 1.37 bits per heavy atom. The zero-order valence-electron chi connectivity index (χ0n) is 10.8. The Morgan fingerprint density at radius 2 is 2.26 bits per heavy atom. The molecule has 0 spiro atoms. The van der Waals surface area contributed by atoms with Gasteiger partial charge in [0.1, 0.15) is 11.3 Å². The Kier molecular flexibility index (Phi) is 2.95. The van der Waals surface area contributed by atoms with E-state index < -0.39 is 0 Å². The molecule has 0 saturated heterocycles. The first kappa shape index (κ1) is 11.8. The van der Waals surface area contributed by atoms with Crippen LogP contribution in [0.15, 0.2) is 41.1 Å². The molecule has 0 aromatic carbocycles. The van der Waals surface area contributed by atoms with Crippen molar-refractivity contribution in [2.75, 3.05) is 5.73 Å². The van der Waals surface area contributed by atoms with Gasteiger partial charge in [0.05, 0.1) is 6.26 Å². The van der Waals surface area contributed by atoms with Gasteiger partial charge >= 0.3 is 0 Å². The van der Waals surface area contributed by atoms with Gasteiger partial charge in [-0.2, -0.15) is 0 Å². The molecular weight excluding hydrogens is 240 g/mol. The van der Waals surface area contributed by atoms with Crippen LogP contribution in [0.25, 0.3) is 11.2 Å². The van der Waals surface area contributed by atoms with E-state index >= 15 is 0 Å². The predicted octanol–water partition coefficient (Wildman–Crippen LogP) is 2.80. The SMILES string of the molecule is CC(CCc1ccco1)n1c(N)nc2cccnc21. The fourth-order valence-electron chi connectivity index (χ4n) is 2.32. The molecule has 2 N–H and O–H groups in total. The number of aromatic nitrogens is 3. The number of rotatable bonds is 4. The third kappa shape index (κ3) is 2.19. The lowest BCUT2D eigenvalue weighted by atomic mass is 10.1. The highest BCUT2D eigenvalue weighted by Gasteiger charge is 2.15. The number of hydrogen-bond acceptors (Lipinski definition) is 4. The molecule has 5 heteroatoms. The summed E-state index contributed by atoms with van der Waals surface area (Å²) >= 11 is 0. The number of fused-ring (bicyclic) bond motifs is 1. The lowest BCUT2D eigenvalue weighted by Crippen LogP contribution is -2.10. The van der Waals surface area contributed by atoms with Crippen molar-refractivity contribution in [1.29, 1.82) is 0 Å². The first-order valence-corrected chi connectivity index (χ1v) is 6.36. The Bertz CT molecular complexity index is 672. The molecule has 5 nitrogen and oxygen atoms in total. The third-order valence-corrected chi connectivity index (χ3v) is 3.31. The topological polar surface area (TPSA) is 69.9 Å². The van der Waals surface area contributed by atoms with Gasteiger partial charge in [0.2, 0.25) is 5.95 Å². The Balaban J connectivity index is 1.84. The number of nitrogens with two attached hydrogens (primary N) is 1. The van der Waals surface area contributed by atoms with Crippen LogP contribution >= 0.6 is 0 Å². The number of nitrogens with zero attached hydrogens (tertiary/aromatic N) is 3. The monoisotopic (exact) mass is 256 g/mol. The number of furan rings is 1. The van der Waals surface area contributed by atoms with E-state index in [0.717, 1.165) is 29.8 Å². The number of anilines is 1. The van der Waals surface area contributed by atoms with Crippen LogP contribution in [0.4, 0.5) is 5.95 Å².